The Bertz CT molecular complexity index is 842. The first-order valence-electron chi connectivity index (χ1n) is 11.9. The molecule has 2 aromatic carbocycles. The topological polar surface area (TPSA) is 68.8 Å². The fourth-order valence-electron chi connectivity index (χ4n) is 3.90. The summed E-state index contributed by atoms with van der Waals surface area (Å²) in [5.74, 6) is 0.932. The molecular formula is C26H37N5O. The fourth-order valence-corrected chi connectivity index (χ4v) is 3.90. The molecule has 1 amide bonds. The van der Waals surface area contributed by atoms with Crippen molar-refractivity contribution >= 4 is 17.6 Å². The lowest BCUT2D eigenvalue weighted by Gasteiger charge is -2.33. The van der Waals surface area contributed by atoms with E-state index in [0.29, 0.717) is 19.0 Å². The zero-order chi connectivity index (χ0) is 22.6. The molecule has 0 aromatic heterocycles. The molecule has 1 aliphatic rings. The third-order valence-electron chi connectivity index (χ3n) is 5.66. The van der Waals surface area contributed by atoms with Crippen molar-refractivity contribution in [3.8, 4) is 0 Å². The van der Waals surface area contributed by atoms with Crippen molar-refractivity contribution in [1.29, 1.82) is 0 Å². The second-order valence-corrected chi connectivity index (χ2v) is 8.37. The van der Waals surface area contributed by atoms with Crippen LogP contribution in [0.1, 0.15) is 50.7 Å². The van der Waals surface area contributed by atoms with Crippen molar-refractivity contribution < 1.29 is 4.79 Å². The van der Waals surface area contributed by atoms with Crippen LogP contribution >= 0.6 is 0 Å². The Balaban J connectivity index is 1.47. The van der Waals surface area contributed by atoms with Gasteiger partial charge < -0.3 is 16.0 Å². The smallest absolute Gasteiger partial charge is 0.224 e. The molecule has 0 radical (unpaired) electrons. The molecule has 3 rings (SSSR count). The summed E-state index contributed by atoms with van der Waals surface area (Å²) in [7, 11) is 0. The lowest BCUT2D eigenvalue weighted by molar-refractivity contribution is -0.116. The molecule has 0 unspecified atom stereocenters. The molecule has 6 nitrogen and oxygen atoms in total. The first-order valence-corrected chi connectivity index (χ1v) is 11.9. The Hall–Kier alpha value is -2.86. The Morgan fingerprint density at radius 3 is 2.38 bits per heavy atom. The summed E-state index contributed by atoms with van der Waals surface area (Å²) < 4.78 is 0. The summed E-state index contributed by atoms with van der Waals surface area (Å²) in [5.41, 5.74) is 3.33. The molecule has 0 aliphatic carbocycles. The number of rotatable bonds is 9. The average molecular weight is 436 g/mol. The van der Waals surface area contributed by atoms with Crippen molar-refractivity contribution in [2.24, 2.45) is 4.99 Å². The highest BCUT2D eigenvalue weighted by Gasteiger charge is 2.20. The van der Waals surface area contributed by atoms with Crippen LogP contribution in [0.3, 0.4) is 0 Å². The van der Waals surface area contributed by atoms with E-state index in [1.54, 1.807) is 0 Å². The summed E-state index contributed by atoms with van der Waals surface area (Å²) >= 11 is 0. The van der Waals surface area contributed by atoms with E-state index in [4.69, 9.17) is 4.99 Å². The first kappa shape index (κ1) is 23.8. The number of hydrogen-bond acceptors (Lipinski definition) is 3. The lowest BCUT2D eigenvalue weighted by atomic mass is 10.0. The van der Waals surface area contributed by atoms with Crippen LogP contribution in [0.25, 0.3) is 0 Å². The zero-order valence-electron chi connectivity index (χ0n) is 19.4. The van der Waals surface area contributed by atoms with Crippen molar-refractivity contribution in [1.82, 2.24) is 15.5 Å². The summed E-state index contributed by atoms with van der Waals surface area (Å²) in [4.78, 5) is 19.0. The van der Waals surface area contributed by atoms with Crippen molar-refractivity contribution in [2.75, 3.05) is 25.0 Å². The number of nitrogens with one attached hydrogen (secondary N) is 3. The van der Waals surface area contributed by atoms with Crippen LogP contribution < -0.4 is 16.0 Å². The number of guanidine groups is 1. The summed E-state index contributed by atoms with van der Waals surface area (Å²) in [6.07, 6.45) is 3.63. The molecule has 0 spiro atoms. The number of carbonyl (C=O) groups is 1. The Kier molecular flexibility index (Phi) is 9.57. The highest BCUT2D eigenvalue weighted by atomic mass is 16.1. The van der Waals surface area contributed by atoms with Gasteiger partial charge in [0.1, 0.15) is 0 Å². The molecule has 2 aromatic rings. The SMILES string of the molecule is CCCC(=O)Nc1ccc(CN=C(NCC)NC2CCN(Cc3ccccc3)CC2)cc1. The van der Waals surface area contributed by atoms with E-state index in [9.17, 15) is 4.79 Å². The average Bonchev–Trinajstić information content (AvgIpc) is 2.81. The third kappa shape index (κ3) is 8.00. The van der Waals surface area contributed by atoms with Crippen LogP contribution in [-0.4, -0.2) is 42.4 Å². The quantitative estimate of drug-likeness (QED) is 0.409. The molecule has 1 aliphatic heterocycles. The predicted octanol–water partition coefficient (Wildman–Crippen LogP) is 4.14. The molecule has 6 heteroatoms. The number of piperidine rings is 1. The summed E-state index contributed by atoms with van der Waals surface area (Å²) in [6.45, 7) is 8.75. The van der Waals surface area contributed by atoms with Crippen molar-refractivity contribution in [3.05, 3.63) is 65.7 Å². The molecule has 1 fully saturated rings. The van der Waals surface area contributed by atoms with Crippen LogP contribution in [0.5, 0.6) is 0 Å². The number of likely N-dealkylation sites (tertiary alicyclic amines) is 1. The Morgan fingerprint density at radius 2 is 1.72 bits per heavy atom. The van der Waals surface area contributed by atoms with E-state index in [0.717, 1.165) is 62.7 Å². The number of benzene rings is 2. The monoisotopic (exact) mass is 435 g/mol. The standard InChI is InChI=1S/C26H37N5O/c1-3-8-25(32)29-23-13-11-21(12-14-23)19-28-26(27-4-2)30-24-15-17-31(18-16-24)20-22-9-6-5-7-10-22/h5-7,9-14,24H,3-4,8,15-20H2,1-2H3,(H,29,32)(H2,27,28,30). The number of carbonyl (C=O) groups excluding carboxylic acids is 1. The van der Waals surface area contributed by atoms with Gasteiger partial charge in [0.15, 0.2) is 5.96 Å². The molecule has 3 N–H and O–H groups in total. The van der Waals surface area contributed by atoms with Gasteiger partial charge in [0.25, 0.3) is 0 Å². The summed E-state index contributed by atoms with van der Waals surface area (Å²) in [6, 6.07) is 19.1. The first-order chi connectivity index (χ1) is 15.7. The van der Waals surface area contributed by atoms with E-state index in [-0.39, 0.29) is 5.91 Å². The van der Waals surface area contributed by atoms with Gasteiger partial charge in [0.2, 0.25) is 5.91 Å². The largest absolute Gasteiger partial charge is 0.357 e. The molecular weight excluding hydrogens is 398 g/mol. The minimum Gasteiger partial charge on any atom is -0.357 e. The minimum absolute atomic E-state index is 0.0618. The maximum Gasteiger partial charge on any atom is 0.224 e. The second kappa shape index (κ2) is 12.9. The molecule has 32 heavy (non-hydrogen) atoms. The van der Waals surface area contributed by atoms with Gasteiger partial charge in [-0.25, -0.2) is 4.99 Å². The number of aliphatic imine (C=N–C) groups is 1. The maximum atomic E-state index is 11.7. The van der Waals surface area contributed by atoms with Gasteiger partial charge in [-0.2, -0.15) is 0 Å². The van der Waals surface area contributed by atoms with Gasteiger partial charge in [0, 0.05) is 44.3 Å². The van der Waals surface area contributed by atoms with Gasteiger partial charge in [-0.3, -0.25) is 9.69 Å². The highest BCUT2D eigenvalue weighted by molar-refractivity contribution is 5.90. The number of nitrogens with zero attached hydrogens (tertiary/aromatic N) is 2. The highest BCUT2D eigenvalue weighted by Crippen LogP contribution is 2.14. The number of amides is 1. The van der Waals surface area contributed by atoms with Gasteiger partial charge in [-0.1, -0.05) is 49.4 Å². The summed E-state index contributed by atoms with van der Waals surface area (Å²) in [5, 5.41) is 9.91. The molecule has 0 saturated carbocycles. The second-order valence-electron chi connectivity index (χ2n) is 8.37. The van der Waals surface area contributed by atoms with Gasteiger partial charge >= 0.3 is 0 Å². The number of anilines is 1. The van der Waals surface area contributed by atoms with Crippen LogP contribution in [-0.2, 0) is 17.9 Å². The van der Waals surface area contributed by atoms with Crippen LogP contribution in [0.4, 0.5) is 5.69 Å². The molecule has 172 valence electrons. The Labute approximate surface area is 192 Å². The Morgan fingerprint density at radius 1 is 1.00 bits per heavy atom. The van der Waals surface area contributed by atoms with Gasteiger partial charge in [-0.15, -0.1) is 0 Å². The van der Waals surface area contributed by atoms with E-state index in [2.05, 4.69) is 58.1 Å². The van der Waals surface area contributed by atoms with Crippen LogP contribution in [0, 0.1) is 0 Å². The van der Waals surface area contributed by atoms with Crippen molar-refractivity contribution in [2.45, 2.75) is 58.7 Å². The van der Waals surface area contributed by atoms with E-state index < -0.39 is 0 Å². The minimum atomic E-state index is 0.0618. The third-order valence-corrected chi connectivity index (χ3v) is 5.66. The normalized spacial score (nSPS) is 15.4. The van der Waals surface area contributed by atoms with Gasteiger partial charge in [0.05, 0.1) is 6.54 Å². The van der Waals surface area contributed by atoms with E-state index in [1.807, 2.05) is 31.2 Å². The van der Waals surface area contributed by atoms with E-state index in [1.165, 1.54) is 5.56 Å². The van der Waals surface area contributed by atoms with Crippen LogP contribution in [0.2, 0.25) is 0 Å². The van der Waals surface area contributed by atoms with Gasteiger partial charge in [-0.05, 0) is 49.4 Å². The lowest BCUT2D eigenvalue weighted by Crippen LogP contribution is -2.48. The molecule has 0 bridgehead atoms. The number of hydrogen-bond donors (Lipinski definition) is 3. The molecule has 1 saturated heterocycles. The molecule has 0 atom stereocenters. The van der Waals surface area contributed by atoms with E-state index >= 15 is 0 Å². The fraction of sp³-hybridized carbons (Fsp3) is 0.462. The van der Waals surface area contributed by atoms with Crippen molar-refractivity contribution in [3.63, 3.8) is 0 Å². The maximum absolute atomic E-state index is 11.7. The zero-order valence-corrected chi connectivity index (χ0v) is 19.4. The van der Waals surface area contributed by atoms with Crippen LogP contribution in [0.15, 0.2) is 59.6 Å². The predicted molar refractivity (Wildman–Crippen MR) is 133 cm³/mol. The molecule has 1 heterocycles.